The Kier molecular flexibility index (Phi) is 5.54. The van der Waals surface area contributed by atoms with Gasteiger partial charge in [0.05, 0.1) is 24.0 Å². The zero-order chi connectivity index (χ0) is 24.5. The SMILES string of the molecule is O=C(CN1C(=O)c2ccccc2[C@H]1c1c(-c2ccccc2)[nH]c2ccccc12)NCc1ccccn1. The van der Waals surface area contributed by atoms with E-state index in [2.05, 4.69) is 33.5 Å². The number of H-pyrrole nitrogens is 1. The predicted octanol–water partition coefficient (Wildman–Crippen LogP) is 5.09. The van der Waals surface area contributed by atoms with Gasteiger partial charge in [-0.05, 0) is 35.4 Å². The largest absolute Gasteiger partial charge is 0.354 e. The molecule has 2 aromatic heterocycles. The lowest BCUT2D eigenvalue weighted by Gasteiger charge is -2.26. The van der Waals surface area contributed by atoms with Gasteiger partial charge in [-0.15, -0.1) is 0 Å². The molecule has 6 rings (SSSR count). The Balaban J connectivity index is 1.43. The number of amides is 2. The quantitative estimate of drug-likeness (QED) is 0.361. The van der Waals surface area contributed by atoms with Crippen LogP contribution in [0.5, 0.6) is 0 Å². The summed E-state index contributed by atoms with van der Waals surface area (Å²) in [5.41, 5.74) is 6.26. The summed E-state index contributed by atoms with van der Waals surface area (Å²) < 4.78 is 0. The first-order chi connectivity index (χ1) is 17.7. The lowest BCUT2D eigenvalue weighted by Crippen LogP contribution is -2.39. The van der Waals surface area contributed by atoms with Crippen molar-refractivity contribution >= 4 is 22.7 Å². The van der Waals surface area contributed by atoms with Gasteiger partial charge in [0.2, 0.25) is 5.91 Å². The van der Waals surface area contributed by atoms with E-state index in [0.29, 0.717) is 12.1 Å². The maximum Gasteiger partial charge on any atom is 0.255 e. The second-order valence-corrected chi connectivity index (χ2v) is 8.85. The van der Waals surface area contributed by atoms with E-state index >= 15 is 0 Å². The molecule has 0 fully saturated rings. The van der Waals surface area contributed by atoms with Gasteiger partial charge in [-0.3, -0.25) is 14.6 Å². The average Bonchev–Trinajstić information content (AvgIpc) is 3.44. The average molecular weight is 473 g/mol. The van der Waals surface area contributed by atoms with Crippen LogP contribution in [0.15, 0.2) is 103 Å². The molecule has 0 bridgehead atoms. The van der Waals surface area contributed by atoms with Gasteiger partial charge in [0.15, 0.2) is 0 Å². The van der Waals surface area contributed by atoms with Crippen molar-refractivity contribution in [3.8, 4) is 11.3 Å². The molecule has 0 aliphatic carbocycles. The number of benzene rings is 3. The topological polar surface area (TPSA) is 78.1 Å². The number of rotatable bonds is 6. The summed E-state index contributed by atoms with van der Waals surface area (Å²) in [5.74, 6) is -0.374. The third-order valence-corrected chi connectivity index (χ3v) is 6.65. The van der Waals surface area contributed by atoms with E-state index in [1.807, 2.05) is 78.9 Å². The molecule has 1 aliphatic rings. The first-order valence-corrected chi connectivity index (χ1v) is 11.9. The van der Waals surface area contributed by atoms with Crippen molar-refractivity contribution < 1.29 is 9.59 Å². The molecule has 3 heterocycles. The molecule has 5 aromatic rings. The van der Waals surface area contributed by atoms with Crippen LogP contribution in [-0.2, 0) is 11.3 Å². The fourth-order valence-corrected chi connectivity index (χ4v) is 5.03. The molecule has 2 amide bonds. The third kappa shape index (κ3) is 3.82. The fraction of sp³-hybridized carbons (Fsp3) is 0.100. The van der Waals surface area contributed by atoms with Crippen molar-refractivity contribution in [2.45, 2.75) is 12.6 Å². The monoisotopic (exact) mass is 472 g/mol. The first-order valence-electron chi connectivity index (χ1n) is 11.9. The smallest absolute Gasteiger partial charge is 0.255 e. The van der Waals surface area contributed by atoms with Crippen LogP contribution >= 0.6 is 0 Å². The van der Waals surface area contributed by atoms with E-state index in [1.165, 1.54) is 0 Å². The van der Waals surface area contributed by atoms with Crippen LogP contribution in [0.25, 0.3) is 22.2 Å². The second-order valence-electron chi connectivity index (χ2n) is 8.85. The highest BCUT2D eigenvalue weighted by molar-refractivity contribution is 6.03. The van der Waals surface area contributed by atoms with Gasteiger partial charge in [0.1, 0.15) is 6.54 Å². The molecule has 0 unspecified atom stereocenters. The number of hydrogen-bond acceptors (Lipinski definition) is 3. The Morgan fingerprint density at radius 3 is 2.47 bits per heavy atom. The molecule has 6 heteroatoms. The van der Waals surface area contributed by atoms with Crippen LogP contribution in [0.1, 0.15) is 33.2 Å². The van der Waals surface area contributed by atoms with E-state index < -0.39 is 6.04 Å². The van der Waals surface area contributed by atoms with Gasteiger partial charge in [-0.2, -0.15) is 0 Å². The summed E-state index contributed by atoms with van der Waals surface area (Å²) >= 11 is 0. The van der Waals surface area contributed by atoms with Gasteiger partial charge in [-0.1, -0.05) is 72.8 Å². The summed E-state index contributed by atoms with van der Waals surface area (Å²) in [6.07, 6.45) is 1.69. The molecule has 6 nitrogen and oxygen atoms in total. The van der Waals surface area contributed by atoms with Gasteiger partial charge in [-0.25, -0.2) is 0 Å². The second kappa shape index (κ2) is 9.15. The van der Waals surface area contributed by atoms with Gasteiger partial charge < -0.3 is 15.2 Å². The Labute approximate surface area is 208 Å². The molecule has 0 radical (unpaired) electrons. The Morgan fingerprint density at radius 2 is 1.64 bits per heavy atom. The lowest BCUT2D eigenvalue weighted by atomic mass is 9.93. The summed E-state index contributed by atoms with van der Waals surface area (Å²) in [4.78, 5) is 36.2. The normalized spacial score (nSPS) is 14.7. The number of nitrogens with zero attached hydrogens (tertiary/aromatic N) is 2. The number of carbonyl (C=O) groups is 2. The van der Waals surface area contributed by atoms with Crippen LogP contribution < -0.4 is 5.32 Å². The van der Waals surface area contributed by atoms with Crippen molar-refractivity contribution in [3.05, 3.63) is 126 Å². The van der Waals surface area contributed by atoms with Crippen molar-refractivity contribution in [3.63, 3.8) is 0 Å². The highest BCUT2D eigenvalue weighted by Gasteiger charge is 2.40. The van der Waals surface area contributed by atoms with Crippen molar-refractivity contribution in [2.24, 2.45) is 0 Å². The molecule has 0 spiro atoms. The molecule has 0 saturated heterocycles. The number of para-hydroxylation sites is 1. The minimum atomic E-state index is -0.402. The number of aromatic nitrogens is 2. The third-order valence-electron chi connectivity index (χ3n) is 6.65. The number of carbonyl (C=O) groups excluding carboxylic acids is 2. The van der Waals surface area contributed by atoms with Gasteiger partial charge in [0, 0.05) is 28.2 Å². The molecule has 3 aromatic carbocycles. The molecule has 1 aliphatic heterocycles. The summed E-state index contributed by atoms with van der Waals surface area (Å²) in [6.45, 7) is 0.250. The zero-order valence-electron chi connectivity index (χ0n) is 19.5. The van der Waals surface area contributed by atoms with Crippen molar-refractivity contribution in [2.75, 3.05) is 6.54 Å². The Bertz CT molecular complexity index is 1560. The van der Waals surface area contributed by atoms with E-state index in [-0.39, 0.29) is 18.4 Å². The van der Waals surface area contributed by atoms with Crippen LogP contribution in [0.4, 0.5) is 0 Å². The number of aromatic amines is 1. The summed E-state index contributed by atoms with van der Waals surface area (Å²) in [5, 5.41) is 3.95. The maximum atomic E-state index is 13.6. The predicted molar refractivity (Wildman–Crippen MR) is 139 cm³/mol. The Morgan fingerprint density at radius 1 is 0.889 bits per heavy atom. The van der Waals surface area contributed by atoms with Crippen molar-refractivity contribution in [1.82, 2.24) is 20.2 Å². The van der Waals surface area contributed by atoms with E-state index in [4.69, 9.17) is 0 Å². The van der Waals surface area contributed by atoms with Crippen LogP contribution in [-0.4, -0.2) is 33.2 Å². The lowest BCUT2D eigenvalue weighted by molar-refractivity contribution is -0.122. The van der Waals surface area contributed by atoms with Crippen LogP contribution in [0.2, 0.25) is 0 Å². The van der Waals surface area contributed by atoms with E-state index in [0.717, 1.165) is 39.0 Å². The van der Waals surface area contributed by atoms with Gasteiger partial charge >= 0.3 is 0 Å². The molecule has 0 saturated carbocycles. The van der Waals surface area contributed by atoms with Crippen molar-refractivity contribution in [1.29, 1.82) is 0 Å². The number of hydrogen-bond donors (Lipinski definition) is 2. The van der Waals surface area contributed by atoms with Crippen LogP contribution in [0, 0.1) is 0 Å². The fourth-order valence-electron chi connectivity index (χ4n) is 5.03. The molecule has 36 heavy (non-hydrogen) atoms. The summed E-state index contributed by atoms with van der Waals surface area (Å²) in [7, 11) is 0. The first kappa shape index (κ1) is 21.8. The standard InChI is InChI=1S/C30H24N4O2/c35-26(32-18-21-12-8-9-17-31-21)19-34-29(22-13-4-5-14-23(22)30(34)36)27-24-15-6-7-16-25(24)33-28(27)20-10-2-1-3-11-20/h1-17,29,33H,18-19H2,(H,32,35)/t29-/m0/s1. The van der Waals surface area contributed by atoms with E-state index in [9.17, 15) is 9.59 Å². The molecule has 176 valence electrons. The molecule has 2 N–H and O–H groups in total. The molecular formula is C30H24N4O2. The molecule has 1 atom stereocenters. The minimum absolute atomic E-state index is 0.0568. The van der Waals surface area contributed by atoms with E-state index in [1.54, 1.807) is 11.1 Å². The molecular weight excluding hydrogens is 448 g/mol. The minimum Gasteiger partial charge on any atom is -0.354 e. The maximum absolute atomic E-state index is 13.6. The highest BCUT2D eigenvalue weighted by Crippen LogP contribution is 2.45. The zero-order valence-corrected chi connectivity index (χ0v) is 19.5. The highest BCUT2D eigenvalue weighted by atomic mass is 16.2. The number of fused-ring (bicyclic) bond motifs is 2. The Hall–Kier alpha value is -4.71. The van der Waals surface area contributed by atoms with Crippen LogP contribution in [0.3, 0.4) is 0 Å². The number of pyridine rings is 1. The summed E-state index contributed by atoms with van der Waals surface area (Å²) in [6, 6.07) is 31.0. The number of nitrogens with one attached hydrogen (secondary N) is 2. The van der Waals surface area contributed by atoms with Gasteiger partial charge in [0.25, 0.3) is 5.91 Å².